The summed E-state index contributed by atoms with van der Waals surface area (Å²) in [7, 11) is 1.56. The lowest BCUT2D eigenvalue weighted by Gasteiger charge is -2.23. The molecule has 38 heavy (non-hydrogen) atoms. The number of benzene rings is 4. The maximum atomic E-state index is 13.6. The molecule has 1 aromatic heterocycles. The maximum absolute atomic E-state index is 13.6. The van der Waals surface area contributed by atoms with Crippen molar-refractivity contribution >= 4 is 28.5 Å². The molecule has 0 saturated heterocycles. The molecule has 6 rings (SSSR count). The molecule has 0 unspecified atom stereocenters. The Kier molecular flexibility index (Phi) is 6.00. The van der Waals surface area contributed by atoms with E-state index in [9.17, 15) is 14.0 Å². The normalized spacial score (nSPS) is 12.9. The van der Waals surface area contributed by atoms with Gasteiger partial charge in [-0.2, -0.15) is 0 Å². The van der Waals surface area contributed by atoms with Crippen LogP contribution in [-0.4, -0.2) is 24.9 Å². The van der Waals surface area contributed by atoms with Crippen LogP contribution in [0.3, 0.4) is 0 Å². The number of rotatable bonds is 6. The van der Waals surface area contributed by atoms with Crippen molar-refractivity contribution in [3.63, 3.8) is 0 Å². The first-order valence-electron chi connectivity index (χ1n) is 12.6. The second-order valence-electron chi connectivity index (χ2n) is 9.43. The molecule has 1 heterocycles. The number of furan rings is 1. The fraction of sp³-hybridized carbons (Fsp3) is 0.125. The highest BCUT2D eigenvalue weighted by Gasteiger charge is 2.34. The predicted octanol–water partition coefficient (Wildman–Crippen LogP) is 7.07. The van der Waals surface area contributed by atoms with Crippen LogP contribution in [0, 0.1) is 5.82 Å². The monoisotopic (exact) mass is 504 g/mol. The number of para-hydroxylation sites is 1. The van der Waals surface area contributed by atoms with Crippen molar-refractivity contribution in [1.82, 2.24) is 5.32 Å². The van der Waals surface area contributed by atoms with Crippen LogP contribution >= 0.6 is 0 Å². The lowest BCUT2D eigenvalue weighted by molar-refractivity contribution is 0.0962. The van der Waals surface area contributed by atoms with Gasteiger partial charge in [-0.1, -0.05) is 36.4 Å². The Balaban J connectivity index is 1.41. The summed E-state index contributed by atoms with van der Waals surface area (Å²) in [5.74, 6) is -0.319. The molecule has 0 atom stereocenters. The van der Waals surface area contributed by atoms with Crippen LogP contribution in [0.25, 0.3) is 33.4 Å². The molecule has 0 spiro atoms. The highest BCUT2D eigenvalue weighted by Crippen LogP contribution is 2.37. The highest BCUT2D eigenvalue weighted by atomic mass is 19.1. The number of hydrogen-bond donors (Lipinski definition) is 1. The molecule has 0 aliphatic heterocycles. The summed E-state index contributed by atoms with van der Waals surface area (Å²) in [5, 5.41) is 3.33. The second kappa shape index (κ2) is 9.63. The first-order valence-corrected chi connectivity index (χ1v) is 12.6. The largest absolute Gasteiger partial charge is 0.455 e. The van der Waals surface area contributed by atoms with Gasteiger partial charge in [-0.25, -0.2) is 4.39 Å². The molecule has 1 aliphatic rings. The average molecular weight is 505 g/mol. The summed E-state index contributed by atoms with van der Waals surface area (Å²) in [6.07, 6.45) is 1.99. The molecule has 1 saturated carbocycles. The third-order valence-electron chi connectivity index (χ3n) is 6.86. The van der Waals surface area contributed by atoms with Gasteiger partial charge in [-0.15, -0.1) is 0 Å². The third kappa shape index (κ3) is 4.34. The smallest absolute Gasteiger partial charge is 0.258 e. The first-order chi connectivity index (χ1) is 18.5. The minimum atomic E-state index is -0.365. The molecular weight excluding hydrogens is 479 g/mol. The van der Waals surface area contributed by atoms with Gasteiger partial charge in [0, 0.05) is 35.3 Å². The van der Waals surface area contributed by atoms with E-state index in [0.29, 0.717) is 33.4 Å². The topological polar surface area (TPSA) is 62.6 Å². The standard InChI is InChI=1S/C32H25FN2O3/c1-34-31(36)29-27-19-22(12-17-28(27)38-30(29)20-10-13-24(33)14-11-20)21-6-5-7-23(18-21)32(37)35(26-15-16-26)25-8-3-2-4-9-25/h2-14,17-19,26H,15-16H2,1H3,(H,34,36). The minimum absolute atomic E-state index is 0.0328. The highest BCUT2D eigenvalue weighted by molar-refractivity contribution is 6.12. The number of fused-ring (bicyclic) bond motifs is 1. The van der Waals surface area contributed by atoms with Crippen molar-refractivity contribution in [2.45, 2.75) is 18.9 Å². The van der Waals surface area contributed by atoms with Gasteiger partial charge >= 0.3 is 0 Å². The molecule has 5 aromatic rings. The summed E-state index contributed by atoms with van der Waals surface area (Å²) in [4.78, 5) is 28.4. The average Bonchev–Trinajstić information content (AvgIpc) is 3.72. The Bertz CT molecular complexity index is 1650. The molecule has 188 valence electrons. The quantitative estimate of drug-likeness (QED) is 0.269. The van der Waals surface area contributed by atoms with Crippen LogP contribution in [0.2, 0.25) is 0 Å². The Morgan fingerprint density at radius 1 is 0.842 bits per heavy atom. The zero-order valence-electron chi connectivity index (χ0n) is 20.8. The predicted molar refractivity (Wildman–Crippen MR) is 147 cm³/mol. The van der Waals surface area contributed by atoms with E-state index in [4.69, 9.17) is 4.42 Å². The zero-order valence-corrected chi connectivity index (χ0v) is 20.8. The summed E-state index contributed by atoms with van der Waals surface area (Å²) < 4.78 is 19.6. The molecule has 1 aliphatic carbocycles. The van der Waals surface area contributed by atoms with Gasteiger partial charge in [-0.3, -0.25) is 9.59 Å². The number of carbonyl (C=O) groups is 2. The van der Waals surface area contributed by atoms with Crippen LogP contribution in [0.4, 0.5) is 10.1 Å². The van der Waals surface area contributed by atoms with E-state index in [1.54, 1.807) is 19.2 Å². The van der Waals surface area contributed by atoms with Crippen LogP contribution in [0.15, 0.2) is 101 Å². The molecule has 0 radical (unpaired) electrons. The summed E-state index contributed by atoms with van der Waals surface area (Å²) in [6, 6.07) is 29.0. The third-order valence-corrected chi connectivity index (χ3v) is 6.86. The Morgan fingerprint density at radius 2 is 1.55 bits per heavy atom. The van der Waals surface area contributed by atoms with E-state index in [0.717, 1.165) is 29.7 Å². The van der Waals surface area contributed by atoms with Gasteiger partial charge in [0.05, 0.1) is 5.56 Å². The van der Waals surface area contributed by atoms with Gasteiger partial charge in [0.25, 0.3) is 11.8 Å². The number of nitrogens with one attached hydrogen (secondary N) is 1. The lowest BCUT2D eigenvalue weighted by Crippen LogP contribution is -2.33. The van der Waals surface area contributed by atoms with Gasteiger partial charge in [0.1, 0.15) is 17.2 Å². The molecule has 6 heteroatoms. The van der Waals surface area contributed by atoms with E-state index in [-0.39, 0.29) is 23.7 Å². The first kappa shape index (κ1) is 23.7. The summed E-state index contributed by atoms with van der Waals surface area (Å²) in [5.41, 5.74) is 4.74. The lowest BCUT2D eigenvalue weighted by atomic mass is 9.98. The van der Waals surface area contributed by atoms with E-state index < -0.39 is 0 Å². The van der Waals surface area contributed by atoms with Crippen LogP contribution < -0.4 is 10.2 Å². The number of carbonyl (C=O) groups excluding carboxylic acids is 2. The number of halogens is 1. The second-order valence-corrected chi connectivity index (χ2v) is 9.43. The molecule has 1 fully saturated rings. The molecule has 0 bridgehead atoms. The molecular formula is C32H25FN2O3. The van der Waals surface area contributed by atoms with Crippen molar-refractivity contribution in [3.05, 3.63) is 114 Å². The zero-order chi connectivity index (χ0) is 26.2. The number of hydrogen-bond acceptors (Lipinski definition) is 3. The SMILES string of the molecule is CNC(=O)c1c(-c2ccc(F)cc2)oc2ccc(-c3cccc(C(=O)N(c4ccccc4)C4CC4)c3)cc12. The van der Waals surface area contributed by atoms with Gasteiger partial charge < -0.3 is 14.6 Å². The minimum Gasteiger partial charge on any atom is -0.455 e. The summed E-state index contributed by atoms with van der Waals surface area (Å²) in [6.45, 7) is 0. The fourth-order valence-corrected chi connectivity index (χ4v) is 4.82. The molecule has 5 nitrogen and oxygen atoms in total. The Morgan fingerprint density at radius 3 is 2.26 bits per heavy atom. The maximum Gasteiger partial charge on any atom is 0.258 e. The number of amides is 2. The van der Waals surface area contributed by atoms with E-state index in [1.807, 2.05) is 77.7 Å². The van der Waals surface area contributed by atoms with Crippen LogP contribution in [-0.2, 0) is 0 Å². The number of anilines is 1. The molecule has 4 aromatic carbocycles. The molecule has 2 amide bonds. The fourth-order valence-electron chi connectivity index (χ4n) is 4.82. The van der Waals surface area contributed by atoms with E-state index in [2.05, 4.69) is 5.32 Å². The van der Waals surface area contributed by atoms with Gasteiger partial charge in [-0.05, 0) is 84.6 Å². The number of nitrogens with zero attached hydrogens (tertiary/aromatic N) is 1. The Labute approximate surface area is 219 Å². The van der Waals surface area contributed by atoms with Crippen molar-refractivity contribution < 1.29 is 18.4 Å². The van der Waals surface area contributed by atoms with Gasteiger partial charge in [0.2, 0.25) is 0 Å². The van der Waals surface area contributed by atoms with E-state index >= 15 is 0 Å². The van der Waals surface area contributed by atoms with Crippen molar-refractivity contribution in [2.75, 3.05) is 11.9 Å². The molecule has 1 N–H and O–H groups in total. The van der Waals surface area contributed by atoms with Gasteiger partial charge in [0.15, 0.2) is 0 Å². The van der Waals surface area contributed by atoms with Crippen LogP contribution in [0.5, 0.6) is 0 Å². The van der Waals surface area contributed by atoms with Crippen molar-refractivity contribution in [1.29, 1.82) is 0 Å². The van der Waals surface area contributed by atoms with Crippen molar-refractivity contribution in [3.8, 4) is 22.5 Å². The van der Waals surface area contributed by atoms with Crippen LogP contribution in [0.1, 0.15) is 33.6 Å². The Hall–Kier alpha value is -4.71. The summed E-state index contributed by atoms with van der Waals surface area (Å²) >= 11 is 0. The van der Waals surface area contributed by atoms with E-state index in [1.165, 1.54) is 12.1 Å². The van der Waals surface area contributed by atoms with Crippen molar-refractivity contribution in [2.24, 2.45) is 0 Å².